The molecular formula is C13H18FN3. The van der Waals surface area contributed by atoms with Crippen LogP contribution in [0.2, 0.25) is 0 Å². The Morgan fingerprint density at radius 1 is 1.41 bits per heavy atom. The fraction of sp³-hybridized carbons (Fsp3) is 0.462. The van der Waals surface area contributed by atoms with Crippen molar-refractivity contribution in [2.24, 2.45) is 5.92 Å². The maximum Gasteiger partial charge on any atom is 0.201 e. The quantitative estimate of drug-likeness (QED) is 0.884. The van der Waals surface area contributed by atoms with E-state index in [-0.39, 0.29) is 5.82 Å². The van der Waals surface area contributed by atoms with Crippen molar-refractivity contribution in [1.82, 2.24) is 9.55 Å². The molecule has 0 atom stereocenters. The number of nitrogens with zero attached hydrogens (tertiary/aromatic N) is 2. The standard InChI is InChI=1S/C13H18FN3/c1-9(2)4-3-7-17-12-6-5-10(14)8-11(12)16-13(17)15/h5-6,8-9H,3-4,7H2,1-2H3,(H2,15,16). The molecule has 0 aliphatic carbocycles. The molecule has 0 bridgehead atoms. The molecule has 92 valence electrons. The molecule has 2 rings (SSSR count). The third kappa shape index (κ3) is 2.57. The van der Waals surface area contributed by atoms with Crippen LogP contribution < -0.4 is 5.73 Å². The first-order valence-electron chi connectivity index (χ1n) is 5.99. The van der Waals surface area contributed by atoms with Crippen molar-refractivity contribution in [3.05, 3.63) is 24.0 Å². The normalized spacial score (nSPS) is 11.5. The third-order valence-electron chi connectivity index (χ3n) is 2.90. The van der Waals surface area contributed by atoms with E-state index in [0.717, 1.165) is 24.9 Å². The van der Waals surface area contributed by atoms with Crippen molar-refractivity contribution >= 4 is 17.0 Å². The van der Waals surface area contributed by atoms with Gasteiger partial charge in [-0.05, 0) is 30.9 Å². The fourth-order valence-electron chi connectivity index (χ4n) is 2.01. The van der Waals surface area contributed by atoms with Crippen LogP contribution in [0.1, 0.15) is 26.7 Å². The Balaban J connectivity index is 2.24. The molecule has 1 aromatic carbocycles. The van der Waals surface area contributed by atoms with Gasteiger partial charge in [0.25, 0.3) is 0 Å². The highest BCUT2D eigenvalue weighted by atomic mass is 19.1. The lowest BCUT2D eigenvalue weighted by Gasteiger charge is -2.07. The third-order valence-corrected chi connectivity index (χ3v) is 2.90. The number of anilines is 1. The van der Waals surface area contributed by atoms with Gasteiger partial charge in [-0.25, -0.2) is 9.37 Å². The molecule has 0 aliphatic heterocycles. The number of fused-ring (bicyclic) bond motifs is 1. The Hall–Kier alpha value is -1.58. The average molecular weight is 235 g/mol. The van der Waals surface area contributed by atoms with E-state index in [1.807, 2.05) is 4.57 Å². The van der Waals surface area contributed by atoms with Gasteiger partial charge in [0.2, 0.25) is 5.95 Å². The van der Waals surface area contributed by atoms with E-state index in [1.165, 1.54) is 12.1 Å². The number of aryl methyl sites for hydroxylation is 1. The number of aromatic nitrogens is 2. The van der Waals surface area contributed by atoms with Gasteiger partial charge in [-0.2, -0.15) is 0 Å². The average Bonchev–Trinajstić information content (AvgIpc) is 2.54. The van der Waals surface area contributed by atoms with Crippen LogP contribution in [0.15, 0.2) is 18.2 Å². The number of hydrogen-bond donors (Lipinski definition) is 1. The summed E-state index contributed by atoms with van der Waals surface area (Å²) in [6.07, 6.45) is 2.21. The monoisotopic (exact) mass is 235 g/mol. The summed E-state index contributed by atoms with van der Waals surface area (Å²) in [7, 11) is 0. The molecule has 0 saturated heterocycles. The first-order chi connectivity index (χ1) is 8.08. The molecule has 17 heavy (non-hydrogen) atoms. The first kappa shape index (κ1) is 11.9. The summed E-state index contributed by atoms with van der Waals surface area (Å²) in [5, 5.41) is 0. The van der Waals surface area contributed by atoms with E-state index in [1.54, 1.807) is 6.07 Å². The molecule has 1 aromatic heterocycles. The summed E-state index contributed by atoms with van der Waals surface area (Å²) in [5.41, 5.74) is 7.39. The van der Waals surface area contributed by atoms with Gasteiger partial charge in [-0.3, -0.25) is 0 Å². The lowest BCUT2D eigenvalue weighted by atomic mass is 10.1. The van der Waals surface area contributed by atoms with Gasteiger partial charge >= 0.3 is 0 Å². The summed E-state index contributed by atoms with van der Waals surface area (Å²) in [6, 6.07) is 4.61. The number of imidazole rings is 1. The van der Waals surface area contributed by atoms with E-state index >= 15 is 0 Å². The van der Waals surface area contributed by atoms with Crippen LogP contribution in [0, 0.1) is 11.7 Å². The summed E-state index contributed by atoms with van der Waals surface area (Å²) in [6.45, 7) is 5.24. The predicted molar refractivity (Wildman–Crippen MR) is 68.2 cm³/mol. The number of nitrogens with two attached hydrogens (primary N) is 1. The molecule has 1 heterocycles. The van der Waals surface area contributed by atoms with E-state index in [0.29, 0.717) is 17.4 Å². The predicted octanol–water partition coefficient (Wildman–Crippen LogP) is 3.19. The second-order valence-electron chi connectivity index (χ2n) is 4.79. The number of halogens is 1. The van der Waals surface area contributed by atoms with Gasteiger partial charge in [-0.1, -0.05) is 13.8 Å². The molecule has 0 aliphatic rings. The SMILES string of the molecule is CC(C)CCCn1c(N)nc2cc(F)ccc21. The Morgan fingerprint density at radius 3 is 2.88 bits per heavy atom. The molecule has 0 saturated carbocycles. The maximum atomic E-state index is 13.0. The van der Waals surface area contributed by atoms with Crippen LogP contribution in [0.3, 0.4) is 0 Å². The van der Waals surface area contributed by atoms with E-state index < -0.39 is 0 Å². The van der Waals surface area contributed by atoms with Crippen LogP contribution >= 0.6 is 0 Å². The Kier molecular flexibility index (Phi) is 3.31. The van der Waals surface area contributed by atoms with E-state index in [4.69, 9.17) is 5.73 Å². The Bertz CT molecular complexity index is 517. The van der Waals surface area contributed by atoms with Crippen molar-refractivity contribution in [2.75, 3.05) is 5.73 Å². The highest BCUT2D eigenvalue weighted by molar-refractivity contribution is 5.78. The van der Waals surface area contributed by atoms with Crippen LogP contribution in [0.4, 0.5) is 10.3 Å². The van der Waals surface area contributed by atoms with Crippen molar-refractivity contribution in [2.45, 2.75) is 33.2 Å². The van der Waals surface area contributed by atoms with Gasteiger partial charge < -0.3 is 10.3 Å². The second-order valence-corrected chi connectivity index (χ2v) is 4.79. The summed E-state index contributed by atoms with van der Waals surface area (Å²) >= 11 is 0. The minimum atomic E-state index is -0.274. The van der Waals surface area contributed by atoms with Crippen LogP contribution in [0.25, 0.3) is 11.0 Å². The van der Waals surface area contributed by atoms with Gasteiger partial charge in [0.1, 0.15) is 5.82 Å². The molecule has 0 fully saturated rings. The van der Waals surface area contributed by atoms with Crippen molar-refractivity contribution < 1.29 is 4.39 Å². The highest BCUT2D eigenvalue weighted by Crippen LogP contribution is 2.20. The Morgan fingerprint density at radius 2 is 2.18 bits per heavy atom. The van der Waals surface area contributed by atoms with Gasteiger partial charge in [0.05, 0.1) is 11.0 Å². The molecular weight excluding hydrogens is 217 g/mol. The van der Waals surface area contributed by atoms with Gasteiger partial charge in [-0.15, -0.1) is 0 Å². The Labute approximate surface area is 100 Å². The summed E-state index contributed by atoms with van der Waals surface area (Å²) < 4.78 is 15.0. The highest BCUT2D eigenvalue weighted by Gasteiger charge is 2.08. The van der Waals surface area contributed by atoms with Crippen molar-refractivity contribution in [3.8, 4) is 0 Å². The molecule has 0 radical (unpaired) electrons. The zero-order chi connectivity index (χ0) is 12.4. The minimum absolute atomic E-state index is 0.274. The van der Waals surface area contributed by atoms with Crippen LogP contribution in [-0.2, 0) is 6.54 Å². The molecule has 2 N–H and O–H groups in total. The van der Waals surface area contributed by atoms with Gasteiger partial charge in [0, 0.05) is 12.6 Å². The molecule has 3 nitrogen and oxygen atoms in total. The smallest absolute Gasteiger partial charge is 0.201 e. The largest absolute Gasteiger partial charge is 0.369 e. The van der Waals surface area contributed by atoms with Crippen LogP contribution in [-0.4, -0.2) is 9.55 Å². The maximum absolute atomic E-state index is 13.0. The molecule has 0 unspecified atom stereocenters. The zero-order valence-electron chi connectivity index (χ0n) is 10.3. The van der Waals surface area contributed by atoms with Gasteiger partial charge in [0.15, 0.2) is 0 Å². The van der Waals surface area contributed by atoms with E-state index in [2.05, 4.69) is 18.8 Å². The summed E-state index contributed by atoms with van der Waals surface area (Å²) in [4.78, 5) is 4.17. The van der Waals surface area contributed by atoms with Crippen molar-refractivity contribution in [3.63, 3.8) is 0 Å². The number of benzene rings is 1. The van der Waals surface area contributed by atoms with Crippen molar-refractivity contribution in [1.29, 1.82) is 0 Å². The first-order valence-corrected chi connectivity index (χ1v) is 5.99. The van der Waals surface area contributed by atoms with E-state index in [9.17, 15) is 4.39 Å². The number of rotatable bonds is 4. The molecule has 4 heteroatoms. The van der Waals surface area contributed by atoms with Crippen LogP contribution in [0.5, 0.6) is 0 Å². The number of hydrogen-bond acceptors (Lipinski definition) is 2. The lowest BCUT2D eigenvalue weighted by molar-refractivity contribution is 0.519. The minimum Gasteiger partial charge on any atom is -0.369 e. The number of nitrogen functional groups attached to an aromatic ring is 1. The zero-order valence-corrected chi connectivity index (χ0v) is 10.3. The second kappa shape index (κ2) is 4.73. The molecule has 0 amide bonds. The topological polar surface area (TPSA) is 43.8 Å². The lowest BCUT2D eigenvalue weighted by Crippen LogP contribution is -2.04. The molecule has 0 spiro atoms. The fourth-order valence-corrected chi connectivity index (χ4v) is 2.01. The summed E-state index contributed by atoms with van der Waals surface area (Å²) in [5.74, 6) is 0.877. The molecule has 2 aromatic rings.